The van der Waals surface area contributed by atoms with Crippen molar-refractivity contribution in [3.8, 4) is 0 Å². The zero-order valence-corrected chi connectivity index (χ0v) is 16.4. The van der Waals surface area contributed by atoms with Crippen molar-refractivity contribution < 1.29 is 9.53 Å². The molecule has 150 valence electrons. The van der Waals surface area contributed by atoms with Crippen molar-refractivity contribution in [3.05, 3.63) is 54.1 Å². The maximum atomic E-state index is 12.6. The zero-order chi connectivity index (χ0) is 20.1. The molecule has 1 fully saturated rings. The summed E-state index contributed by atoms with van der Waals surface area (Å²) in [6.45, 7) is 6.43. The van der Waals surface area contributed by atoms with E-state index in [9.17, 15) is 4.79 Å². The molecule has 8 heteroatoms. The quantitative estimate of drug-likeness (QED) is 0.664. The molecule has 1 aromatic carbocycles. The number of ether oxygens (including phenoxy) is 1. The van der Waals surface area contributed by atoms with E-state index < -0.39 is 0 Å². The normalized spacial score (nSPS) is 14.7. The number of amides is 1. The third-order valence-electron chi connectivity index (χ3n) is 4.78. The molecule has 4 rings (SSSR count). The van der Waals surface area contributed by atoms with Crippen LogP contribution in [0.3, 0.4) is 0 Å². The number of hydrogen-bond donors (Lipinski definition) is 2. The summed E-state index contributed by atoms with van der Waals surface area (Å²) in [5.41, 5.74) is 2.03. The van der Waals surface area contributed by atoms with Crippen molar-refractivity contribution in [1.82, 2.24) is 25.2 Å². The average Bonchev–Trinajstić information content (AvgIpc) is 2.74. The lowest BCUT2D eigenvalue weighted by Crippen LogP contribution is -2.41. The predicted octanol–water partition coefficient (Wildman–Crippen LogP) is 2.14. The average molecular weight is 392 g/mol. The number of aromatic nitrogens is 3. The summed E-state index contributed by atoms with van der Waals surface area (Å²) in [6.07, 6.45) is 1.76. The van der Waals surface area contributed by atoms with Crippen molar-refractivity contribution in [1.29, 1.82) is 0 Å². The van der Waals surface area contributed by atoms with Gasteiger partial charge in [-0.2, -0.15) is 0 Å². The number of carbonyl (C=O) groups is 1. The first-order valence-electron chi connectivity index (χ1n) is 9.74. The van der Waals surface area contributed by atoms with E-state index in [1.54, 1.807) is 19.2 Å². The molecule has 3 heterocycles. The molecule has 1 amide bonds. The third-order valence-corrected chi connectivity index (χ3v) is 4.78. The minimum atomic E-state index is -0.206. The van der Waals surface area contributed by atoms with E-state index in [1.165, 1.54) is 0 Å². The van der Waals surface area contributed by atoms with E-state index in [4.69, 9.17) is 4.74 Å². The van der Waals surface area contributed by atoms with Crippen LogP contribution in [0.1, 0.15) is 16.3 Å². The van der Waals surface area contributed by atoms with Crippen LogP contribution >= 0.6 is 0 Å². The highest BCUT2D eigenvalue weighted by molar-refractivity contribution is 5.94. The summed E-state index contributed by atoms with van der Waals surface area (Å²) in [6, 6.07) is 11.5. The van der Waals surface area contributed by atoms with Crippen LogP contribution in [0.25, 0.3) is 10.9 Å². The van der Waals surface area contributed by atoms with Gasteiger partial charge in [-0.3, -0.25) is 14.7 Å². The Hall–Kier alpha value is -3.10. The van der Waals surface area contributed by atoms with E-state index in [0.717, 1.165) is 49.4 Å². The Morgan fingerprint density at radius 2 is 2.00 bits per heavy atom. The Morgan fingerprint density at radius 3 is 2.86 bits per heavy atom. The Bertz CT molecular complexity index is 998. The monoisotopic (exact) mass is 392 g/mol. The van der Waals surface area contributed by atoms with Crippen LogP contribution in [-0.2, 0) is 4.74 Å². The summed E-state index contributed by atoms with van der Waals surface area (Å²) in [4.78, 5) is 28.0. The molecule has 2 aromatic heterocycles. The van der Waals surface area contributed by atoms with Crippen LogP contribution in [0, 0.1) is 6.92 Å². The zero-order valence-electron chi connectivity index (χ0n) is 16.4. The maximum Gasteiger partial charge on any atom is 0.270 e. The molecule has 0 atom stereocenters. The second-order valence-electron chi connectivity index (χ2n) is 6.90. The van der Waals surface area contributed by atoms with E-state index >= 15 is 0 Å². The van der Waals surface area contributed by atoms with E-state index in [1.807, 2.05) is 30.3 Å². The Balaban J connectivity index is 1.44. The standard InChI is InChI=1S/C21H24N6O2/c1-15-24-18(21(28)23-8-9-27-10-12-29-13-11-27)14-19(25-15)26-17-6-2-4-16-5-3-7-22-20(16)17/h2-7,14H,8-13H2,1H3,(H,23,28)(H,24,25,26). The molecule has 0 radical (unpaired) electrons. The molecular weight excluding hydrogens is 368 g/mol. The number of nitrogens with zero attached hydrogens (tertiary/aromatic N) is 4. The lowest BCUT2D eigenvalue weighted by Gasteiger charge is -2.26. The third kappa shape index (κ3) is 4.85. The van der Waals surface area contributed by atoms with Gasteiger partial charge in [-0.05, 0) is 19.1 Å². The topological polar surface area (TPSA) is 92.3 Å². The molecule has 2 N–H and O–H groups in total. The van der Waals surface area contributed by atoms with Gasteiger partial charge in [-0.1, -0.05) is 18.2 Å². The minimum Gasteiger partial charge on any atom is -0.379 e. The van der Waals surface area contributed by atoms with Gasteiger partial charge in [0.1, 0.15) is 17.3 Å². The van der Waals surface area contributed by atoms with Crippen LogP contribution in [0.2, 0.25) is 0 Å². The molecule has 8 nitrogen and oxygen atoms in total. The van der Waals surface area contributed by atoms with E-state index in [2.05, 4.69) is 30.5 Å². The number of carbonyl (C=O) groups excluding carboxylic acids is 1. The molecule has 1 aliphatic heterocycles. The number of rotatable bonds is 6. The maximum absolute atomic E-state index is 12.6. The number of anilines is 2. The van der Waals surface area contributed by atoms with Crippen molar-refractivity contribution in [2.45, 2.75) is 6.92 Å². The van der Waals surface area contributed by atoms with Gasteiger partial charge < -0.3 is 15.4 Å². The lowest BCUT2D eigenvalue weighted by atomic mass is 10.2. The van der Waals surface area contributed by atoms with Crippen LogP contribution in [0.4, 0.5) is 11.5 Å². The highest BCUT2D eigenvalue weighted by atomic mass is 16.5. The first kappa shape index (κ1) is 19.2. The molecule has 1 aliphatic rings. The van der Waals surface area contributed by atoms with Crippen LogP contribution in [0.5, 0.6) is 0 Å². The van der Waals surface area contributed by atoms with E-state index in [-0.39, 0.29) is 5.91 Å². The molecule has 29 heavy (non-hydrogen) atoms. The molecule has 0 saturated carbocycles. The first-order chi connectivity index (χ1) is 14.2. The Morgan fingerprint density at radius 1 is 1.17 bits per heavy atom. The number of para-hydroxylation sites is 1. The molecule has 0 aliphatic carbocycles. The van der Waals surface area contributed by atoms with Gasteiger partial charge in [0.2, 0.25) is 0 Å². The van der Waals surface area contributed by atoms with Gasteiger partial charge in [-0.25, -0.2) is 9.97 Å². The van der Waals surface area contributed by atoms with Gasteiger partial charge in [-0.15, -0.1) is 0 Å². The number of benzene rings is 1. The first-order valence-corrected chi connectivity index (χ1v) is 9.74. The van der Waals surface area contributed by atoms with Gasteiger partial charge in [0.15, 0.2) is 0 Å². The number of morpholine rings is 1. The fourth-order valence-electron chi connectivity index (χ4n) is 3.33. The van der Waals surface area contributed by atoms with Gasteiger partial charge in [0.05, 0.1) is 24.4 Å². The van der Waals surface area contributed by atoms with Crippen LogP contribution < -0.4 is 10.6 Å². The molecule has 0 bridgehead atoms. The van der Waals surface area contributed by atoms with Crippen molar-refractivity contribution in [2.75, 3.05) is 44.7 Å². The van der Waals surface area contributed by atoms with Crippen molar-refractivity contribution in [3.63, 3.8) is 0 Å². The molecule has 3 aromatic rings. The molecule has 0 unspecified atom stereocenters. The molecule has 0 spiro atoms. The second kappa shape index (κ2) is 8.93. The largest absolute Gasteiger partial charge is 0.379 e. The number of hydrogen-bond acceptors (Lipinski definition) is 7. The highest BCUT2D eigenvalue weighted by Crippen LogP contribution is 2.24. The number of nitrogens with one attached hydrogen (secondary N) is 2. The van der Waals surface area contributed by atoms with Crippen molar-refractivity contribution in [2.24, 2.45) is 0 Å². The van der Waals surface area contributed by atoms with Crippen LogP contribution in [0.15, 0.2) is 42.6 Å². The SMILES string of the molecule is Cc1nc(Nc2cccc3cccnc23)cc(C(=O)NCCN2CCOCC2)n1. The Kier molecular flexibility index (Phi) is 5.92. The summed E-state index contributed by atoms with van der Waals surface area (Å²) in [5, 5.41) is 7.25. The van der Waals surface area contributed by atoms with Crippen LogP contribution in [-0.4, -0.2) is 65.2 Å². The summed E-state index contributed by atoms with van der Waals surface area (Å²) in [5.74, 6) is 0.887. The minimum absolute atomic E-state index is 0.206. The van der Waals surface area contributed by atoms with Gasteiger partial charge in [0, 0.05) is 43.8 Å². The summed E-state index contributed by atoms with van der Waals surface area (Å²) >= 11 is 0. The fraction of sp³-hybridized carbons (Fsp3) is 0.333. The summed E-state index contributed by atoms with van der Waals surface area (Å²) in [7, 11) is 0. The number of fused-ring (bicyclic) bond motifs is 1. The van der Waals surface area contributed by atoms with Gasteiger partial charge in [0.25, 0.3) is 5.91 Å². The Labute approximate surface area is 169 Å². The molecule has 1 saturated heterocycles. The second-order valence-corrected chi connectivity index (χ2v) is 6.90. The highest BCUT2D eigenvalue weighted by Gasteiger charge is 2.13. The lowest BCUT2D eigenvalue weighted by molar-refractivity contribution is 0.0383. The molecular formula is C21H24N6O2. The smallest absolute Gasteiger partial charge is 0.270 e. The number of pyridine rings is 1. The number of aryl methyl sites for hydroxylation is 1. The van der Waals surface area contributed by atoms with E-state index in [0.29, 0.717) is 23.9 Å². The fourth-order valence-corrected chi connectivity index (χ4v) is 3.33. The van der Waals surface area contributed by atoms with Gasteiger partial charge >= 0.3 is 0 Å². The van der Waals surface area contributed by atoms with Crippen molar-refractivity contribution >= 4 is 28.3 Å². The summed E-state index contributed by atoms with van der Waals surface area (Å²) < 4.78 is 5.34. The predicted molar refractivity (Wildman–Crippen MR) is 111 cm³/mol.